The number of amides is 4. The molecule has 2 aliphatic heterocycles. The molecule has 1 N–H and O–H groups in total. The first-order valence-electron chi connectivity index (χ1n) is 11.1. The maximum absolute atomic E-state index is 13.4. The molecule has 2 saturated heterocycles. The summed E-state index contributed by atoms with van der Waals surface area (Å²) in [6.07, 6.45) is 0.192. The number of halogens is 3. The quantitative estimate of drug-likeness (QED) is 0.566. The van der Waals surface area contributed by atoms with Gasteiger partial charge in [0.05, 0.1) is 9.92 Å². The Morgan fingerprint density at radius 3 is 2.28 bits per heavy atom. The molecule has 4 amide bonds. The van der Waals surface area contributed by atoms with E-state index in [2.05, 4.69) is 5.32 Å². The van der Waals surface area contributed by atoms with Gasteiger partial charge in [-0.25, -0.2) is 22.0 Å². The molecule has 0 bridgehead atoms. The van der Waals surface area contributed by atoms with Crippen molar-refractivity contribution in [3.63, 3.8) is 0 Å². The number of sulfonamides is 1. The summed E-state index contributed by atoms with van der Waals surface area (Å²) in [6.45, 7) is 1.19. The molecule has 2 aromatic rings. The van der Waals surface area contributed by atoms with Crippen molar-refractivity contribution in [3.05, 3.63) is 64.7 Å². The van der Waals surface area contributed by atoms with E-state index in [0.717, 1.165) is 27.4 Å². The Kier molecular flexibility index (Phi) is 7.04. The van der Waals surface area contributed by atoms with E-state index >= 15 is 0 Å². The van der Waals surface area contributed by atoms with Crippen LogP contribution in [0.25, 0.3) is 0 Å². The predicted octanol–water partition coefficient (Wildman–Crippen LogP) is 2.31. The lowest BCUT2D eigenvalue weighted by atomic mass is 9.87. The van der Waals surface area contributed by atoms with Gasteiger partial charge in [-0.2, -0.15) is 4.31 Å². The smallest absolute Gasteiger partial charge is 0.325 e. The molecular formula is C23H23ClF2N4O5S. The van der Waals surface area contributed by atoms with Crippen LogP contribution in [0.2, 0.25) is 5.02 Å². The summed E-state index contributed by atoms with van der Waals surface area (Å²) in [7, 11) is -3.95. The lowest BCUT2D eigenvalue weighted by Crippen LogP contribution is -2.53. The lowest BCUT2D eigenvalue weighted by molar-refractivity contribution is -0.139. The number of carbonyl (C=O) groups is 3. The zero-order valence-corrected chi connectivity index (χ0v) is 20.8. The number of benzene rings is 2. The summed E-state index contributed by atoms with van der Waals surface area (Å²) in [5.74, 6) is -2.37. The molecule has 2 heterocycles. The van der Waals surface area contributed by atoms with Gasteiger partial charge in [-0.05, 0) is 42.3 Å². The van der Waals surface area contributed by atoms with Gasteiger partial charge in [-0.15, -0.1) is 0 Å². The highest BCUT2D eigenvalue weighted by Gasteiger charge is 2.52. The van der Waals surface area contributed by atoms with Crippen molar-refractivity contribution in [2.75, 3.05) is 32.7 Å². The number of nitrogens with zero attached hydrogens (tertiary/aromatic N) is 3. The van der Waals surface area contributed by atoms with Crippen molar-refractivity contribution in [3.8, 4) is 0 Å². The number of carbonyl (C=O) groups excluding carboxylic acids is 3. The number of hydrogen-bond donors (Lipinski definition) is 1. The average molecular weight is 541 g/mol. The van der Waals surface area contributed by atoms with Crippen molar-refractivity contribution >= 4 is 39.5 Å². The Morgan fingerprint density at radius 2 is 1.69 bits per heavy atom. The van der Waals surface area contributed by atoms with E-state index < -0.39 is 51.6 Å². The number of imide groups is 1. The van der Waals surface area contributed by atoms with E-state index in [9.17, 15) is 31.6 Å². The van der Waals surface area contributed by atoms with Crippen LogP contribution >= 0.6 is 11.6 Å². The van der Waals surface area contributed by atoms with Gasteiger partial charge in [0.2, 0.25) is 15.9 Å². The minimum Gasteiger partial charge on any atom is -0.338 e. The molecule has 2 aromatic carbocycles. The molecule has 13 heteroatoms. The summed E-state index contributed by atoms with van der Waals surface area (Å²) in [6, 6.07) is 7.58. The fourth-order valence-corrected chi connectivity index (χ4v) is 6.04. The molecule has 0 aliphatic carbocycles. The molecule has 192 valence electrons. The van der Waals surface area contributed by atoms with E-state index in [1.165, 1.54) is 29.2 Å². The molecule has 9 nitrogen and oxygen atoms in total. The van der Waals surface area contributed by atoms with Crippen LogP contribution in [0.3, 0.4) is 0 Å². The van der Waals surface area contributed by atoms with Crippen molar-refractivity contribution in [2.45, 2.75) is 23.8 Å². The molecule has 1 atom stereocenters. The first kappa shape index (κ1) is 26.0. The third-order valence-electron chi connectivity index (χ3n) is 6.46. The standard InChI is InChI=1S/C23H23ClF2N4O5S/c1-2-23(15-3-5-16(25)6-4-15)21(32)30(22(33)27-23)14-20(31)28-9-11-29(12-10-28)36(34,35)17-7-8-19(26)18(24)13-17/h3-8,13H,2,9-12,14H2,1H3,(H,27,33)/t23-/m1/s1. The van der Waals surface area contributed by atoms with Crippen LogP contribution < -0.4 is 5.32 Å². The molecule has 4 rings (SSSR count). The van der Waals surface area contributed by atoms with Crippen LogP contribution in [0.15, 0.2) is 47.4 Å². The van der Waals surface area contributed by atoms with Crippen molar-refractivity contribution in [1.29, 1.82) is 0 Å². The second-order valence-electron chi connectivity index (χ2n) is 8.45. The highest BCUT2D eigenvalue weighted by molar-refractivity contribution is 7.89. The summed E-state index contributed by atoms with van der Waals surface area (Å²) in [5.41, 5.74) is -1.01. The fourth-order valence-electron chi connectivity index (χ4n) is 4.34. The van der Waals surface area contributed by atoms with Crippen LogP contribution in [0.5, 0.6) is 0 Å². The SMILES string of the molecule is CC[C@]1(c2ccc(F)cc2)NC(=O)N(CC(=O)N2CCN(S(=O)(=O)c3ccc(F)c(Cl)c3)CC2)C1=O. The highest BCUT2D eigenvalue weighted by Crippen LogP contribution is 2.32. The van der Waals surface area contributed by atoms with E-state index in [1.807, 2.05) is 0 Å². The monoisotopic (exact) mass is 540 g/mol. The van der Waals surface area contributed by atoms with Crippen molar-refractivity contribution in [1.82, 2.24) is 19.4 Å². The molecule has 2 aliphatic rings. The Hall–Kier alpha value is -3.09. The molecule has 0 radical (unpaired) electrons. The zero-order chi connectivity index (χ0) is 26.3. The van der Waals surface area contributed by atoms with Gasteiger partial charge in [0, 0.05) is 26.2 Å². The summed E-state index contributed by atoms with van der Waals surface area (Å²) in [5, 5.41) is 2.32. The summed E-state index contributed by atoms with van der Waals surface area (Å²) >= 11 is 5.71. The van der Waals surface area contributed by atoms with Gasteiger partial charge >= 0.3 is 6.03 Å². The second kappa shape index (κ2) is 9.75. The first-order valence-corrected chi connectivity index (χ1v) is 12.9. The van der Waals surface area contributed by atoms with Gasteiger partial charge in [0.1, 0.15) is 23.7 Å². The first-order chi connectivity index (χ1) is 17.0. The Labute approximate surface area is 211 Å². The second-order valence-corrected chi connectivity index (χ2v) is 10.8. The Bertz CT molecular complexity index is 1320. The van der Waals surface area contributed by atoms with E-state index in [0.29, 0.717) is 5.56 Å². The fraction of sp³-hybridized carbons (Fsp3) is 0.348. The predicted molar refractivity (Wildman–Crippen MR) is 125 cm³/mol. The number of piperazine rings is 1. The number of hydrogen-bond acceptors (Lipinski definition) is 5. The van der Waals surface area contributed by atoms with Gasteiger partial charge in [-0.1, -0.05) is 30.7 Å². The number of nitrogens with one attached hydrogen (secondary N) is 1. The van der Waals surface area contributed by atoms with Crippen LogP contribution in [0.1, 0.15) is 18.9 Å². The van der Waals surface area contributed by atoms with Crippen molar-refractivity contribution < 1.29 is 31.6 Å². The highest BCUT2D eigenvalue weighted by atomic mass is 35.5. The molecule has 0 saturated carbocycles. The van der Waals surface area contributed by atoms with Gasteiger partial charge in [0.25, 0.3) is 5.91 Å². The van der Waals surface area contributed by atoms with Crippen LogP contribution in [-0.2, 0) is 25.2 Å². The van der Waals surface area contributed by atoms with Crippen LogP contribution in [0, 0.1) is 11.6 Å². The summed E-state index contributed by atoms with van der Waals surface area (Å²) in [4.78, 5) is 40.8. The lowest BCUT2D eigenvalue weighted by Gasteiger charge is -2.34. The molecule has 0 unspecified atom stereocenters. The molecule has 0 aromatic heterocycles. The topological polar surface area (TPSA) is 107 Å². The summed E-state index contributed by atoms with van der Waals surface area (Å²) < 4.78 is 53.7. The van der Waals surface area contributed by atoms with Crippen molar-refractivity contribution in [2.24, 2.45) is 0 Å². The molecular weight excluding hydrogens is 518 g/mol. The van der Waals surface area contributed by atoms with Crippen LogP contribution in [-0.4, -0.2) is 73.1 Å². The van der Waals surface area contributed by atoms with Crippen LogP contribution in [0.4, 0.5) is 13.6 Å². The molecule has 0 spiro atoms. The number of rotatable bonds is 6. The molecule has 36 heavy (non-hydrogen) atoms. The Morgan fingerprint density at radius 1 is 1.06 bits per heavy atom. The number of urea groups is 1. The van der Waals surface area contributed by atoms with E-state index in [-0.39, 0.29) is 42.5 Å². The minimum absolute atomic E-state index is 0.0301. The third-order valence-corrected chi connectivity index (χ3v) is 8.64. The maximum atomic E-state index is 13.4. The zero-order valence-electron chi connectivity index (χ0n) is 19.2. The minimum atomic E-state index is -3.95. The van der Waals surface area contributed by atoms with Gasteiger partial charge < -0.3 is 10.2 Å². The largest absolute Gasteiger partial charge is 0.338 e. The molecule has 2 fully saturated rings. The van der Waals surface area contributed by atoms with E-state index in [4.69, 9.17) is 11.6 Å². The maximum Gasteiger partial charge on any atom is 0.325 e. The third kappa shape index (κ3) is 4.56. The normalized spacial score (nSPS) is 21.1. The van der Waals surface area contributed by atoms with Gasteiger partial charge in [-0.3, -0.25) is 14.5 Å². The Balaban J connectivity index is 1.42. The van der Waals surface area contributed by atoms with Gasteiger partial charge in [0.15, 0.2) is 0 Å². The van der Waals surface area contributed by atoms with E-state index in [1.54, 1.807) is 6.92 Å². The average Bonchev–Trinajstić information content (AvgIpc) is 3.11.